The molecular formula is C8H16N2. The van der Waals surface area contributed by atoms with Gasteiger partial charge in [-0.15, -0.1) is 0 Å². The van der Waals surface area contributed by atoms with Crippen LogP contribution in [-0.4, -0.2) is 18.8 Å². The number of rotatable bonds is 2. The fraction of sp³-hybridized carbons (Fsp3) is 0.875. The SMILES string of the molecule is CCC(=N)C1CCNCC1. The molecule has 1 saturated heterocycles. The fourth-order valence-electron chi connectivity index (χ4n) is 1.46. The van der Waals surface area contributed by atoms with Crippen molar-refractivity contribution in [2.75, 3.05) is 13.1 Å². The number of hydrogen-bond acceptors (Lipinski definition) is 2. The highest BCUT2D eigenvalue weighted by molar-refractivity contribution is 5.83. The molecule has 0 aromatic heterocycles. The van der Waals surface area contributed by atoms with Crippen LogP contribution in [0.2, 0.25) is 0 Å². The van der Waals surface area contributed by atoms with E-state index < -0.39 is 0 Å². The van der Waals surface area contributed by atoms with Crippen molar-refractivity contribution >= 4 is 5.71 Å². The maximum absolute atomic E-state index is 7.60. The van der Waals surface area contributed by atoms with E-state index in [2.05, 4.69) is 12.2 Å². The largest absolute Gasteiger partial charge is 0.317 e. The highest BCUT2D eigenvalue weighted by Gasteiger charge is 2.15. The molecule has 0 bridgehead atoms. The van der Waals surface area contributed by atoms with Crippen molar-refractivity contribution in [3.63, 3.8) is 0 Å². The van der Waals surface area contributed by atoms with E-state index in [0.717, 1.165) is 25.2 Å². The first kappa shape index (κ1) is 7.73. The minimum atomic E-state index is 0.589. The maximum atomic E-state index is 7.60. The summed E-state index contributed by atoms with van der Waals surface area (Å²) in [6.07, 6.45) is 3.28. The molecule has 0 aromatic rings. The molecule has 58 valence electrons. The molecule has 1 rings (SSSR count). The van der Waals surface area contributed by atoms with E-state index in [1.807, 2.05) is 0 Å². The van der Waals surface area contributed by atoms with Crippen LogP contribution in [0.3, 0.4) is 0 Å². The van der Waals surface area contributed by atoms with Crippen LogP contribution in [0.15, 0.2) is 0 Å². The van der Waals surface area contributed by atoms with Gasteiger partial charge in [-0.2, -0.15) is 0 Å². The lowest BCUT2D eigenvalue weighted by Crippen LogP contribution is -2.31. The van der Waals surface area contributed by atoms with Crippen LogP contribution in [0.5, 0.6) is 0 Å². The molecule has 1 aliphatic heterocycles. The van der Waals surface area contributed by atoms with E-state index >= 15 is 0 Å². The topological polar surface area (TPSA) is 35.9 Å². The summed E-state index contributed by atoms with van der Waals surface area (Å²) in [4.78, 5) is 0. The summed E-state index contributed by atoms with van der Waals surface area (Å²) in [6, 6.07) is 0. The van der Waals surface area contributed by atoms with Gasteiger partial charge in [0.15, 0.2) is 0 Å². The van der Waals surface area contributed by atoms with Crippen LogP contribution < -0.4 is 5.32 Å². The highest BCUT2D eigenvalue weighted by atomic mass is 14.9. The monoisotopic (exact) mass is 140 g/mol. The van der Waals surface area contributed by atoms with Crippen molar-refractivity contribution < 1.29 is 0 Å². The first-order valence-electron chi connectivity index (χ1n) is 4.12. The number of piperidine rings is 1. The second-order valence-corrected chi connectivity index (χ2v) is 2.90. The van der Waals surface area contributed by atoms with Crippen molar-refractivity contribution in [2.24, 2.45) is 5.92 Å². The van der Waals surface area contributed by atoms with Gasteiger partial charge in [0.05, 0.1) is 0 Å². The van der Waals surface area contributed by atoms with Crippen LogP contribution in [0.4, 0.5) is 0 Å². The van der Waals surface area contributed by atoms with Crippen LogP contribution in [0.1, 0.15) is 26.2 Å². The Morgan fingerprint density at radius 1 is 1.50 bits per heavy atom. The lowest BCUT2D eigenvalue weighted by Gasteiger charge is -2.22. The smallest absolute Gasteiger partial charge is 0.0118 e. The molecule has 0 atom stereocenters. The fourth-order valence-corrected chi connectivity index (χ4v) is 1.46. The Morgan fingerprint density at radius 3 is 2.60 bits per heavy atom. The molecule has 0 unspecified atom stereocenters. The molecule has 10 heavy (non-hydrogen) atoms. The van der Waals surface area contributed by atoms with Crippen molar-refractivity contribution in [1.82, 2.24) is 5.32 Å². The van der Waals surface area contributed by atoms with Gasteiger partial charge in [0.1, 0.15) is 0 Å². The zero-order chi connectivity index (χ0) is 7.40. The van der Waals surface area contributed by atoms with Gasteiger partial charge in [0, 0.05) is 5.71 Å². The van der Waals surface area contributed by atoms with Gasteiger partial charge in [-0.3, -0.25) is 0 Å². The van der Waals surface area contributed by atoms with Crippen LogP contribution in [-0.2, 0) is 0 Å². The highest BCUT2D eigenvalue weighted by Crippen LogP contribution is 2.13. The molecule has 2 heteroatoms. The van der Waals surface area contributed by atoms with Gasteiger partial charge in [0.2, 0.25) is 0 Å². The Morgan fingerprint density at radius 2 is 2.10 bits per heavy atom. The molecule has 0 amide bonds. The van der Waals surface area contributed by atoms with Gasteiger partial charge >= 0.3 is 0 Å². The quantitative estimate of drug-likeness (QED) is 0.559. The van der Waals surface area contributed by atoms with Gasteiger partial charge in [-0.25, -0.2) is 0 Å². The van der Waals surface area contributed by atoms with E-state index in [0.29, 0.717) is 5.92 Å². The Bertz CT molecular complexity index is 114. The van der Waals surface area contributed by atoms with Crippen LogP contribution >= 0.6 is 0 Å². The minimum absolute atomic E-state index is 0.589. The first-order valence-corrected chi connectivity index (χ1v) is 4.12. The van der Waals surface area contributed by atoms with Gasteiger partial charge < -0.3 is 10.7 Å². The van der Waals surface area contributed by atoms with E-state index in [4.69, 9.17) is 5.41 Å². The normalized spacial score (nSPS) is 20.9. The average Bonchev–Trinajstić information content (AvgIpc) is 2.05. The molecule has 0 spiro atoms. The molecular weight excluding hydrogens is 124 g/mol. The third-order valence-corrected chi connectivity index (χ3v) is 2.21. The molecule has 0 radical (unpaired) electrons. The molecule has 0 aromatic carbocycles. The van der Waals surface area contributed by atoms with Crippen molar-refractivity contribution in [1.29, 1.82) is 5.41 Å². The standard InChI is InChI=1S/C8H16N2/c1-2-8(9)7-3-5-10-6-4-7/h7,9-10H,2-6H2,1H3. The zero-order valence-electron chi connectivity index (χ0n) is 6.61. The van der Waals surface area contributed by atoms with Gasteiger partial charge in [-0.1, -0.05) is 6.92 Å². The number of nitrogens with one attached hydrogen (secondary N) is 2. The second kappa shape index (κ2) is 3.71. The maximum Gasteiger partial charge on any atom is 0.0118 e. The Kier molecular flexibility index (Phi) is 2.87. The molecule has 1 heterocycles. The van der Waals surface area contributed by atoms with E-state index in [1.54, 1.807) is 0 Å². The van der Waals surface area contributed by atoms with Crippen molar-refractivity contribution in [3.8, 4) is 0 Å². The van der Waals surface area contributed by atoms with Crippen LogP contribution in [0, 0.1) is 11.3 Å². The summed E-state index contributed by atoms with van der Waals surface area (Å²) < 4.78 is 0. The predicted octanol–water partition coefficient (Wildman–Crippen LogP) is 1.42. The molecule has 2 N–H and O–H groups in total. The van der Waals surface area contributed by atoms with E-state index in [-0.39, 0.29) is 0 Å². The first-order chi connectivity index (χ1) is 4.84. The lowest BCUT2D eigenvalue weighted by molar-refractivity contribution is 0.451. The van der Waals surface area contributed by atoms with E-state index in [9.17, 15) is 0 Å². The molecule has 1 aliphatic rings. The minimum Gasteiger partial charge on any atom is -0.317 e. The van der Waals surface area contributed by atoms with E-state index in [1.165, 1.54) is 12.8 Å². The van der Waals surface area contributed by atoms with Crippen molar-refractivity contribution in [2.45, 2.75) is 26.2 Å². The van der Waals surface area contributed by atoms with Gasteiger partial charge in [-0.05, 0) is 38.3 Å². The summed E-state index contributed by atoms with van der Waals surface area (Å²) in [5.74, 6) is 0.589. The summed E-state index contributed by atoms with van der Waals surface area (Å²) in [5, 5.41) is 10.9. The van der Waals surface area contributed by atoms with Gasteiger partial charge in [0.25, 0.3) is 0 Å². The molecule has 0 saturated carbocycles. The Hall–Kier alpha value is -0.370. The average molecular weight is 140 g/mol. The zero-order valence-corrected chi connectivity index (χ0v) is 6.61. The Labute approximate surface area is 62.5 Å². The molecule has 0 aliphatic carbocycles. The summed E-state index contributed by atoms with van der Waals surface area (Å²) in [6.45, 7) is 4.28. The second-order valence-electron chi connectivity index (χ2n) is 2.90. The lowest BCUT2D eigenvalue weighted by atomic mass is 9.92. The molecule has 2 nitrogen and oxygen atoms in total. The summed E-state index contributed by atoms with van der Waals surface area (Å²) in [7, 11) is 0. The van der Waals surface area contributed by atoms with Crippen LogP contribution in [0.25, 0.3) is 0 Å². The van der Waals surface area contributed by atoms with Crippen molar-refractivity contribution in [3.05, 3.63) is 0 Å². The third-order valence-electron chi connectivity index (χ3n) is 2.21. The third kappa shape index (κ3) is 1.81. The summed E-state index contributed by atoms with van der Waals surface area (Å²) >= 11 is 0. The predicted molar refractivity (Wildman–Crippen MR) is 43.6 cm³/mol. The summed E-state index contributed by atoms with van der Waals surface area (Å²) in [5.41, 5.74) is 0.946. The number of hydrogen-bond donors (Lipinski definition) is 2. The molecule has 1 fully saturated rings. The Balaban J connectivity index is 2.31.